The highest BCUT2D eigenvalue weighted by Crippen LogP contribution is 2.36. The number of benzene rings is 1. The summed E-state index contributed by atoms with van der Waals surface area (Å²) in [5.41, 5.74) is 0.931. The van der Waals surface area contributed by atoms with Gasteiger partial charge in [0.2, 0.25) is 5.95 Å². The van der Waals surface area contributed by atoms with Gasteiger partial charge in [-0.1, -0.05) is 0 Å². The Labute approximate surface area is 228 Å². The number of ether oxygens (including phenoxy) is 1. The largest absolute Gasteiger partial charge is 0.504 e. The van der Waals surface area contributed by atoms with Gasteiger partial charge in [-0.25, -0.2) is 14.4 Å². The molecule has 0 aliphatic carbocycles. The smallest absolute Gasteiger partial charge is 0.378 e. The van der Waals surface area contributed by atoms with Gasteiger partial charge in [0, 0.05) is 68.0 Å². The lowest BCUT2D eigenvalue weighted by molar-refractivity contribution is -0.212. The van der Waals surface area contributed by atoms with Crippen LogP contribution in [0, 0.1) is 5.82 Å². The predicted molar refractivity (Wildman–Crippen MR) is 141 cm³/mol. The number of aromatic nitrogens is 4. The second kappa shape index (κ2) is 11.0. The molecule has 14 heteroatoms. The van der Waals surface area contributed by atoms with Crippen molar-refractivity contribution in [2.24, 2.45) is 0 Å². The normalized spacial score (nSPS) is 20.6. The minimum atomic E-state index is -4.76. The number of morpholine rings is 1. The maximum absolute atomic E-state index is 15.6. The summed E-state index contributed by atoms with van der Waals surface area (Å²) in [6, 6.07) is 3.09. The van der Waals surface area contributed by atoms with E-state index in [0.29, 0.717) is 62.8 Å². The van der Waals surface area contributed by atoms with E-state index in [0.717, 1.165) is 6.20 Å². The van der Waals surface area contributed by atoms with E-state index < -0.39 is 18.0 Å². The summed E-state index contributed by atoms with van der Waals surface area (Å²) in [5, 5.41) is 5.93. The molecule has 2 aliphatic rings. The highest BCUT2D eigenvalue weighted by atomic mass is 19.4. The van der Waals surface area contributed by atoms with Gasteiger partial charge in [0.05, 0.1) is 36.3 Å². The van der Waals surface area contributed by atoms with Crippen LogP contribution in [-0.4, -0.2) is 89.1 Å². The summed E-state index contributed by atoms with van der Waals surface area (Å²) in [6.07, 6.45) is -0.293. The van der Waals surface area contributed by atoms with Gasteiger partial charge < -0.3 is 19.9 Å². The number of carbonyl (C=O) groups excluding carboxylic acids is 1. The van der Waals surface area contributed by atoms with Crippen LogP contribution in [0.4, 0.5) is 34.9 Å². The lowest BCUT2D eigenvalue weighted by atomic mass is 10.0. The van der Waals surface area contributed by atoms with Crippen molar-refractivity contribution in [3.63, 3.8) is 0 Å². The first kappa shape index (κ1) is 27.8. The standard InChI is InChI=1S/C26H30F4N8O2/c1-16-13-37(14-17(2)35(16)3)23-9-21(27)20(18-10-31-25(32-11-18)36-4-6-40-7-5-36)8-22(23)34-24(39)19-12-33-38(15-19)26(28,29)30/h8-12,15-17H,4-7,13-14H2,1-3H3,(H,34,39)/t16-,17+. The van der Waals surface area contributed by atoms with Crippen molar-refractivity contribution in [3.05, 3.63) is 48.3 Å². The molecule has 2 aliphatic heterocycles. The van der Waals surface area contributed by atoms with Crippen LogP contribution in [0.3, 0.4) is 0 Å². The molecule has 0 radical (unpaired) electrons. The number of amides is 1. The maximum atomic E-state index is 15.6. The summed E-state index contributed by atoms with van der Waals surface area (Å²) < 4.78 is 59.8. The number of halogens is 4. The molecule has 3 aromatic rings. The van der Waals surface area contributed by atoms with Crippen molar-refractivity contribution in [1.29, 1.82) is 0 Å². The Bertz CT molecular complexity index is 1350. The molecule has 2 fully saturated rings. The summed E-state index contributed by atoms with van der Waals surface area (Å²) in [7, 11) is 2.01. The minimum Gasteiger partial charge on any atom is -0.378 e. The van der Waals surface area contributed by atoms with E-state index in [1.807, 2.05) is 30.7 Å². The number of hydrogen-bond acceptors (Lipinski definition) is 8. The van der Waals surface area contributed by atoms with Gasteiger partial charge in [0.25, 0.3) is 5.91 Å². The fourth-order valence-corrected chi connectivity index (χ4v) is 4.91. The first-order chi connectivity index (χ1) is 19.0. The lowest BCUT2D eigenvalue weighted by Crippen LogP contribution is -2.55. The van der Waals surface area contributed by atoms with Crippen molar-refractivity contribution in [1.82, 2.24) is 24.6 Å². The number of alkyl halides is 3. The summed E-state index contributed by atoms with van der Waals surface area (Å²) >= 11 is 0. The second-order valence-electron chi connectivity index (χ2n) is 10.1. The monoisotopic (exact) mass is 562 g/mol. The van der Waals surface area contributed by atoms with Gasteiger partial charge in [-0.05, 0) is 33.0 Å². The average molecular weight is 563 g/mol. The van der Waals surface area contributed by atoms with Gasteiger partial charge in [-0.3, -0.25) is 9.69 Å². The highest BCUT2D eigenvalue weighted by molar-refractivity contribution is 6.06. The Morgan fingerprint density at radius 3 is 2.27 bits per heavy atom. The quantitative estimate of drug-likeness (QED) is 0.472. The Balaban J connectivity index is 1.49. The van der Waals surface area contributed by atoms with Crippen molar-refractivity contribution in [2.75, 3.05) is 61.6 Å². The van der Waals surface area contributed by atoms with Crippen LogP contribution in [-0.2, 0) is 11.0 Å². The molecule has 2 saturated heterocycles. The zero-order valence-electron chi connectivity index (χ0n) is 22.3. The zero-order chi connectivity index (χ0) is 28.6. The Kier molecular flexibility index (Phi) is 7.64. The van der Waals surface area contributed by atoms with E-state index in [2.05, 4.69) is 25.3 Å². The van der Waals surface area contributed by atoms with Crippen LogP contribution >= 0.6 is 0 Å². The molecule has 2 aromatic heterocycles. The molecule has 4 heterocycles. The van der Waals surface area contributed by atoms with Crippen molar-refractivity contribution in [2.45, 2.75) is 32.2 Å². The Morgan fingerprint density at radius 2 is 1.68 bits per heavy atom. The van der Waals surface area contributed by atoms with E-state index in [1.165, 1.54) is 24.5 Å². The fraction of sp³-hybridized carbons (Fsp3) is 0.462. The van der Waals surface area contributed by atoms with E-state index in [1.54, 1.807) is 0 Å². The first-order valence-electron chi connectivity index (χ1n) is 12.9. The van der Waals surface area contributed by atoms with Crippen LogP contribution in [0.1, 0.15) is 24.2 Å². The molecule has 1 amide bonds. The predicted octanol–water partition coefficient (Wildman–Crippen LogP) is 3.57. The fourth-order valence-electron chi connectivity index (χ4n) is 4.91. The van der Waals surface area contributed by atoms with Gasteiger partial charge in [-0.2, -0.15) is 9.78 Å². The molecule has 1 aromatic carbocycles. The molecular formula is C26H30F4N8O2. The van der Waals surface area contributed by atoms with Gasteiger partial charge in [0.15, 0.2) is 0 Å². The molecule has 5 rings (SSSR count). The number of likely N-dealkylation sites (N-methyl/N-ethyl adjacent to an activating group) is 1. The molecule has 0 spiro atoms. The number of hydrogen-bond donors (Lipinski definition) is 1. The molecule has 10 nitrogen and oxygen atoms in total. The number of rotatable bonds is 5. The summed E-state index contributed by atoms with van der Waals surface area (Å²) in [4.78, 5) is 28.0. The number of nitrogens with one attached hydrogen (secondary N) is 1. The number of nitrogens with zero attached hydrogens (tertiary/aromatic N) is 7. The topological polar surface area (TPSA) is 91.6 Å². The van der Waals surface area contributed by atoms with Crippen LogP contribution < -0.4 is 15.1 Å². The van der Waals surface area contributed by atoms with Crippen LogP contribution in [0.15, 0.2) is 36.9 Å². The van der Waals surface area contributed by atoms with E-state index in [4.69, 9.17) is 4.74 Å². The number of carbonyl (C=O) groups is 1. The van der Waals surface area contributed by atoms with Crippen LogP contribution in [0.25, 0.3) is 11.1 Å². The third-order valence-electron chi connectivity index (χ3n) is 7.38. The first-order valence-corrected chi connectivity index (χ1v) is 12.9. The van der Waals surface area contributed by atoms with Crippen molar-refractivity contribution < 1.29 is 27.1 Å². The summed E-state index contributed by atoms with van der Waals surface area (Å²) in [6.45, 7) is 7.63. The number of piperazine rings is 1. The molecular weight excluding hydrogens is 532 g/mol. The average Bonchev–Trinajstić information content (AvgIpc) is 3.44. The molecule has 0 bridgehead atoms. The zero-order valence-corrected chi connectivity index (χ0v) is 22.3. The summed E-state index contributed by atoms with van der Waals surface area (Å²) in [5.74, 6) is -0.844. The third kappa shape index (κ3) is 5.72. The van der Waals surface area contributed by atoms with Gasteiger partial charge in [-0.15, -0.1) is 13.2 Å². The molecule has 0 unspecified atom stereocenters. The third-order valence-corrected chi connectivity index (χ3v) is 7.38. The molecule has 2 atom stereocenters. The molecule has 214 valence electrons. The lowest BCUT2D eigenvalue weighted by Gasteiger charge is -2.44. The van der Waals surface area contributed by atoms with Gasteiger partial charge >= 0.3 is 6.30 Å². The molecule has 0 saturated carbocycles. The number of anilines is 3. The Hall–Kier alpha value is -3.78. The molecule has 1 N–H and O–H groups in total. The molecule has 40 heavy (non-hydrogen) atoms. The van der Waals surface area contributed by atoms with E-state index >= 15 is 4.39 Å². The minimum absolute atomic E-state index is 0.140. The van der Waals surface area contributed by atoms with Crippen molar-refractivity contribution in [3.8, 4) is 11.1 Å². The second-order valence-corrected chi connectivity index (χ2v) is 10.1. The Morgan fingerprint density at radius 1 is 1.02 bits per heavy atom. The van der Waals surface area contributed by atoms with Crippen molar-refractivity contribution >= 4 is 23.2 Å². The van der Waals surface area contributed by atoms with Gasteiger partial charge in [0.1, 0.15) is 5.82 Å². The SMILES string of the molecule is C[C@@H]1CN(c2cc(F)c(-c3cnc(N4CCOCC4)nc3)cc2NC(=O)c2cnn(C(F)(F)F)c2)C[C@H](C)N1C. The highest BCUT2D eigenvalue weighted by Gasteiger charge is 2.33. The van der Waals surface area contributed by atoms with Crippen LogP contribution in [0.2, 0.25) is 0 Å². The van der Waals surface area contributed by atoms with E-state index in [-0.39, 0.29) is 33.6 Å². The van der Waals surface area contributed by atoms with Crippen LogP contribution in [0.5, 0.6) is 0 Å². The maximum Gasteiger partial charge on any atom is 0.504 e. The van der Waals surface area contributed by atoms with E-state index in [9.17, 15) is 18.0 Å².